The van der Waals surface area contributed by atoms with E-state index >= 15 is 0 Å². The SMILES string of the molecule is O=C(COc1ccccc1)NC(=S)Nc1ccc(Cl)c([N+](=O)[O-])c1. The summed E-state index contributed by atoms with van der Waals surface area (Å²) in [7, 11) is 0. The zero-order valence-electron chi connectivity index (χ0n) is 12.2. The van der Waals surface area contributed by atoms with Crippen molar-refractivity contribution in [3.63, 3.8) is 0 Å². The molecule has 2 aromatic carbocycles. The van der Waals surface area contributed by atoms with Gasteiger partial charge in [0.2, 0.25) is 0 Å². The zero-order valence-corrected chi connectivity index (χ0v) is 13.8. The molecule has 124 valence electrons. The minimum Gasteiger partial charge on any atom is -0.484 e. The van der Waals surface area contributed by atoms with Crippen LogP contribution in [0.25, 0.3) is 0 Å². The van der Waals surface area contributed by atoms with Crippen molar-refractivity contribution < 1.29 is 14.5 Å². The predicted molar refractivity (Wildman–Crippen MR) is 94.4 cm³/mol. The number of hydrogen-bond acceptors (Lipinski definition) is 5. The van der Waals surface area contributed by atoms with Crippen molar-refractivity contribution >= 4 is 46.2 Å². The first-order valence-electron chi connectivity index (χ1n) is 6.68. The van der Waals surface area contributed by atoms with Crippen molar-refractivity contribution in [2.45, 2.75) is 0 Å². The number of nitrogens with one attached hydrogen (secondary N) is 2. The van der Waals surface area contributed by atoms with Gasteiger partial charge in [0.15, 0.2) is 11.7 Å². The highest BCUT2D eigenvalue weighted by atomic mass is 35.5. The number of anilines is 1. The van der Waals surface area contributed by atoms with E-state index in [0.717, 1.165) is 0 Å². The molecule has 9 heteroatoms. The third-order valence-corrected chi connectivity index (χ3v) is 3.29. The Bertz CT molecular complexity index is 771. The highest BCUT2D eigenvalue weighted by Gasteiger charge is 2.13. The van der Waals surface area contributed by atoms with Gasteiger partial charge < -0.3 is 10.1 Å². The van der Waals surface area contributed by atoms with Gasteiger partial charge in [0, 0.05) is 11.8 Å². The van der Waals surface area contributed by atoms with E-state index in [-0.39, 0.29) is 22.4 Å². The Morgan fingerprint density at radius 1 is 1.25 bits per heavy atom. The number of benzene rings is 2. The van der Waals surface area contributed by atoms with Gasteiger partial charge in [-0.25, -0.2) is 0 Å². The molecule has 0 unspecified atom stereocenters. The first-order chi connectivity index (χ1) is 11.5. The molecule has 0 aromatic heterocycles. The summed E-state index contributed by atoms with van der Waals surface area (Å²) in [5.41, 5.74) is 0.0728. The average molecular weight is 366 g/mol. The molecule has 0 aliphatic carbocycles. The smallest absolute Gasteiger partial charge is 0.289 e. The zero-order chi connectivity index (χ0) is 17.5. The van der Waals surface area contributed by atoms with Crippen LogP contribution in [0.15, 0.2) is 48.5 Å². The van der Waals surface area contributed by atoms with Crippen molar-refractivity contribution in [1.29, 1.82) is 0 Å². The van der Waals surface area contributed by atoms with E-state index < -0.39 is 10.8 Å². The third-order valence-electron chi connectivity index (χ3n) is 2.77. The maximum atomic E-state index is 11.8. The molecule has 0 atom stereocenters. The molecule has 24 heavy (non-hydrogen) atoms. The second-order valence-corrected chi connectivity index (χ2v) is 5.34. The lowest BCUT2D eigenvalue weighted by molar-refractivity contribution is -0.384. The molecule has 0 heterocycles. The Morgan fingerprint density at radius 3 is 2.62 bits per heavy atom. The quantitative estimate of drug-likeness (QED) is 0.480. The Labute approximate surface area is 147 Å². The van der Waals surface area contributed by atoms with Crippen molar-refractivity contribution in [2.24, 2.45) is 0 Å². The molecular formula is C15H12ClN3O4S. The number of para-hydroxylation sites is 1. The van der Waals surface area contributed by atoms with E-state index in [1.165, 1.54) is 18.2 Å². The van der Waals surface area contributed by atoms with Gasteiger partial charge in [0.1, 0.15) is 10.8 Å². The summed E-state index contributed by atoms with van der Waals surface area (Å²) in [4.78, 5) is 22.0. The molecule has 0 spiro atoms. The lowest BCUT2D eigenvalue weighted by atomic mass is 10.3. The van der Waals surface area contributed by atoms with E-state index in [4.69, 9.17) is 28.6 Å². The Hall–Kier alpha value is -2.71. The monoisotopic (exact) mass is 365 g/mol. The van der Waals surface area contributed by atoms with Crippen LogP contribution >= 0.6 is 23.8 Å². The minimum atomic E-state index is -0.608. The van der Waals surface area contributed by atoms with Gasteiger partial charge >= 0.3 is 0 Å². The summed E-state index contributed by atoms with van der Waals surface area (Å²) in [5.74, 6) is 0.0969. The molecule has 7 nitrogen and oxygen atoms in total. The van der Waals surface area contributed by atoms with Crippen LogP contribution < -0.4 is 15.4 Å². The average Bonchev–Trinajstić information content (AvgIpc) is 2.55. The van der Waals surface area contributed by atoms with E-state index in [9.17, 15) is 14.9 Å². The molecule has 0 fully saturated rings. The summed E-state index contributed by atoms with van der Waals surface area (Å²) < 4.78 is 5.28. The first kappa shape index (κ1) is 17.6. The van der Waals surface area contributed by atoms with Crippen molar-refractivity contribution in [3.05, 3.63) is 63.7 Å². The molecule has 2 aromatic rings. The molecule has 0 bridgehead atoms. The predicted octanol–water partition coefficient (Wildman–Crippen LogP) is 3.14. The standard InChI is InChI=1S/C15H12ClN3O4S/c16-12-7-6-10(8-13(12)19(21)22)17-15(24)18-14(20)9-23-11-4-2-1-3-5-11/h1-8H,9H2,(H2,17,18,20,24). The number of halogens is 1. The topological polar surface area (TPSA) is 93.5 Å². The number of nitro groups is 1. The van der Waals surface area contributed by atoms with Gasteiger partial charge in [-0.1, -0.05) is 29.8 Å². The highest BCUT2D eigenvalue weighted by Crippen LogP contribution is 2.27. The van der Waals surface area contributed by atoms with Gasteiger partial charge in [0.25, 0.3) is 11.6 Å². The Kier molecular flexibility index (Phi) is 6.05. The summed E-state index contributed by atoms with van der Waals surface area (Å²) in [6.45, 7) is -0.216. The van der Waals surface area contributed by atoms with Gasteiger partial charge in [-0.2, -0.15) is 0 Å². The number of nitrogens with zero attached hydrogens (tertiary/aromatic N) is 1. The number of nitro benzene ring substituents is 1. The van der Waals surface area contributed by atoms with Crippen LogP contribution in [0.4, 0.5) is 11.4 Å². The van der Waals surface area contributed by atoms with Crippen LogP contribution in [0.3, 0.4) is 0 Å². The highest BCUT2D eigenvalue weighted by molar-refractivity contribution is 7.80. The fourth-order valence-electron chi connectivity index (χ4n) is 1.72. The summed E-state index contributed by atoms with van der Waals surface area (Å²) in [6.07, 6.45) is 0. The van der Waals surface area contributed by atoms with E-state index in [2.05, 4.69) is 10.6 Å². The van der Waals surface area contributed by atoms with Crippen LogP contribution in [-0.2, 0) is 4.79 Å². The second-order valence-electron chi connectivity index (χ2n) is 4.53. The molecule has 0 radical (unpaired) electrons. The summed E-state index contributed by atoms with van der Waals surface area (Å²) in [6, 6.07) is 12.9. The molecule has 0 saturated heterocycles. The Morgan fingerprint density at radius 2 is 1.96 bits per heavy atom. The molecule has 0 saturated carbocycles. The molecule has 2 rings (SSSR count). The lowest BCUT2D eigenvalue weighted by Crippen LogP contribution is -2.37. The number of ether oxygens (including phenoxy) is 1. The van der Waals surface area contributed by atoms with Crippen molar-refractivity contribution in [2.75, 3.05) is 11.9 Å². The largest absolute Gasteiger partial charge is 0.484 e. The molecular weight excluding hydrogens is 354 g/mol. The molecule has 0 aliphatic heterocycles. The third kappa shape index (κ3) is 5.18. The minimum absolute atomic E-state index is 0.00622. The first-order valence-corrected chi connectivity index (χ1v) is 7.47. The van der Waals surface area contributed by atoms with Crippen LogP contribution in [-0.4, -0.2) is 22.5 Å². The Balaban J connectivity index is 1.87. The van der Waals surface area contributed by atoms with Gasteiger partial charge in [0.05, 0.1) is 4.92 Å². The summed E-state index contributed by atoms with van der Waals surface area (Å²) in [5, 5.41) is 15.9. The van der Waals surface area contributed by atoms with E-state index in [1.807, 2.05) is 6.07 Å². The van der Waals surface area contributed by atoms with Crippen LogP contribution in [0, 0.1) is 10.1 Å². The maximum Gasteiger partial charge on any atom is 0.289 e. The van der Waals surface area contributed by atoms with Crippen LogP contribution in [0.1, 0.15) is 0 Å². The number of rotatable bonds is 5. The van der Waals surface area contributed by atoms with Gasteiger partial charge in [-0.05, 0) is 36.5 Å². The number of hydrogen-bond donors (Lipinski definition) is 2. The van der Waals surface area contributed by atoms with E-state index in [1.54, 1.807) is 24.3 Å². The van der Waals surface area contributed by atoms with E-state index in [0.29, 0.717) is 11.4 Å². The number of carbonyl (C=O) groups is 1. The molecule has 0 aliphatic rings. The number of carbonyl (C=O) groups excluding carboxylic acids is 1. The van der Waals surface area contributed by atoms with Gasteiger partial charge in [-0.15, -0.1) is 0 Å². The van der Waals surface area contributed by atoms with Crippen molar-refractivity contribution in [1.82, 2.24) is 5.32 Å². The van der Waals surface area contributed by atoms with Crippen LogP contribution in [0.5, 0.6) is 5.75 Å². The second kappa shape index (κ2) is 8.23. The number of amides is 1. The molecule has 2 N–H and O–H groups in total. The fourth-order valence-corrected chi connectivity index (χ4v) is 2.14. The molecule has 1 amide bonds. The lowest BCUT2D eigenvalue weighted by Gasteiger charge is -2.10. The summed E-state index contributed by atoms with van der Waals surface area (Å²) >= 11 is 10.7. The fraction of sp³-hybridized carbons (Fsp3) is 0.0667. The van der Waals surface area contributed by atoms with Gasteiger partial charge in [-0.3, -0.25) is 20.2 Å². The number of thiocarbonyl (C=S) groups is 1. The maximum absolute atomic E-state index is 11.8. The normalized spacial score (nSPS) is 9.88. The van der Waals surface area contributed by atoms with Crippen LogP contribution in [0.2, 0.25) is 5.02 Å². The van der Waals surface area contributed by atoms with Crippen molar-refractivity contribution in [3.8, 4) is 5.75 Å².